The third-order valence-corrected chi connectivity index (χ3v) is 2.75. The molecule has 0 aliphatic heterocycles. The fourth-order valence-electron chi connectivity index (χ4n) is 1.83. The van der Waals surface area contributed by atoms with Gasteiger partial charge in [0.25, 0.3) is 0 Å². The van der Waals surface area contributed by atoms with Crippen LogP contribution >= 0.6 is 0 Å². The number of aromatic amines is 1. The van der Waals surface area contributed by atoms with Gasteiger partial charge < -0.3 is 15.4 Å². The van der Waals surface area contributed by atoms with Gasteiger partial charge in [-0.15, -0.1) is 0 Å². The van der Waals surface area contributed by atoms with Crippen LogP contribution in [0.2, 0.25) is 0 Å². The number of rotatable bonds is 4. The molecule has 4 nitrogen and oxygen atoms in total. The second-order valence-corrected chi connectivity index (χ2v) is 3.74. The summed E-state index contributed by atoms with van der Waals surface area (Å²) in [6, 6.07) is 7.34. The lowest BCUT2D eigenvalue weighted by Crippen LogP contribution is -2.35. The van der Waals surface area contributed by atoms with Gasteiger partial charge in [-0.25, -0.2) is 0 Å². The van der Waals surface area contributed by atoms with Gasteiger partial charge in [0.1, 0.15) is 6.04 Å². The van der Waals surface area contributed by atoms with Crippen molar-refractivity contribution in [3.05, 3.63) is 36.0 Å². The summed E-state index contributed by atoms with van der Waals surface area (Å²) in [6.07, 6.45) is 2.35. The van der Waals surface area contributed by atoms with E-state index in [4.69, 9.17) is 5.11 Å². The molecule has 18 heavy (non-hydrogen) atoms. The molecule has 0 saturated heterocycles. The van der Waals surface area contributed by atoms with E-state index in [0.29, 0.717) is 6.42 Å². The highest BCUT2D eigenvalue weighted by Crippen LogP contribution is 2.18. The lowest BCUT2D eigenvalue weighted by atomic mass is 10.1. The molecule has 0 saturated carbocycles. The molecule has 1 unspecified atom stereocenters. The number of para-hydroxylation sites is 1. The van der Waals surface area contributed by atoms with Crippen LogP contribution < -0.4 is 5.32 Å². The third-order valence-electron chi connectivity index (χ3n) is 2.75. The zero-order valence-electron chi connectivity index (χ0n) is 11.0. The third kappa shape index (κ3) is 3.11. The molecular weight excluding hydrogens is 228 g/mol. The zero-order valence-corrected chi connectivity index (χ0v) is 11.0. The second-order valence-electron chi connectivity index (χ2n) is 3.74. The minimum atomic E-state index is -0.826. The molecule has 3 N–H and O–H groups in total. The Morgan fingerprint density at radius 3 is 2.67 bits per heavy atom. The SMILES string of the molecule is CC.CNC(Cc1c[nH]c2ccccc12)C(=O)O. The number of aliphatic carboxylic acids is 1. The molecule has 0 radical (unpaired) electrons. The first-order valence-corrected chi connectivity index (χ1v) is 6.17. The van der Waals surface area contributed by atoms with Gasteiger partial charge >= 0.3 is 5.97 Å². The maximum absolute atomic E-state index is 10.9. The van der Waals surface area contributed by atoms with Crippen LogP contribution in [-0.4, -0.2) is 29.1 Å². The molecule has 1 aromatic heterocycles. The predicted molar refractivity (Wildman–Crippen MR) is 73.8 cm³/mol. The number of H-pyrrole nitrogens is 1. The number of carbonyl (C=O) groups is 1. The highest BCUT2D eigenvalue weighted by atomic mass is 16.4. The van der Waals surface area contributed by atoms with Gasteiger partial charge in [-0.1, -0.05) is 32.0 Å². The van der Waals surface area contributed by atoms with Gasteiger partial charge in [-0.2, -0.15) is 0 Å². The molecule has 4 heteroatoms. The van der Waals surface area contributed by atoms with Crippen LogP contribution in [0.4, 0.5) is 0 Å². The van der Waals surface area contributed by atoms with Crippen LogP contribution in [0.3, 0.4) is 0 Å². The van der Waals surface area contributed by atoms with Gasteiger partial charge in [0.05, 0.1) is 0 Å². The second kappa shape index (κ2) is 6.81. The van der Waals surface area contributed by atoms with Crippen molar-refractivity contribution in [3.8, 4) is 0 Å². The van der Waals surface area contributed by atoms with Crippen molar-refractivity contribution in [1.29, 1.82) is 0 Å². The highest BCUT2D eigenvalue weighted by Gasteiger charge is 2.16. The number of benzene rings is 1. The number of hydrogen-bond donors (Lipinski definition) is 3. The van der Waals surface area contributed by atoms with Gasteiger partial charge in [-0.3, -0.25) is 4.79 Å². The monoisotopic (exact) mass is 248 g/mol. The number of carboxylic acid groups (broad SMARTS) is 1. The average Bonchev–Trinajstić information content (AvgIpc) is 2.81. The van der Waals surface area contributed by atoms with E-state index in [1.165, 1.54) is 0 Å². The summed E-state index contributed by atoms with van der Waals surface area (Å²) < 4.78 is 0. The van der Waals surface area contributed by atoms with E-state index in [0.717, 1.165) is 16.5 Å². The standard InChI is InChI=1S/C12H14N2O2.C2H6/c1-13-11(12(15)16)6-8-7-14-10-5-3-2-4-9(8)10;1-2/h2-5,7,11,13-14H,6H2,1H3,(H,15,16);1-2H3. The van der Waals surface area contributed by atoms with Crippen molar-refractivity contribution in [1.82, 2.24) is 10.3 Å². The smallest absolute Gasteiger partial charge is 0.321 e. The van der Waals surface area contributed by atoms with Crippen LogP contribution in [0.25, 0.3) is 10.9 Å². The average molecular weight is 248 g/mol. The predicted octanol–water partition coefficient (Wildman–Crippen LogP) is 2.41. The molecule has 0 spiro atoms. The summed E-state index contributed by atoms with van der Waals surface area (Å²) in [7, 11) is 1.66. The number of hydrogen-bond acceptors (Lipinski definition) is 2. The Bertz CT molecular complexity index is 505. The maximum atomic E-state index is 10.9. The van der Waals surface area contributed by atoms with E-state index in [2.05, 4.69) is 10.3 Å². The summed E-state index contributed by atoms with van der Waals surface area (Å²) in [5, 5.41) is 12.8. The topological polar surface area (TPSA) is 65.1 Å². The molecule has 2 rings (SSSR count). The molecule has 0 amide bonds. The molecule has 1 atom stereocenters. The summed E-state index contributed by atoms with van der Waals surface area (Å²) in [4.78, 5) is 14.1. The summed E-state index contributed by atoms with van der Waals surface area (Å²) in [5.74, 6) is -0.826. The number of likely N-dealkylation sites (N-methyl/N-ethyl adjacent to an activating group) is 1. The Morgan fingerprint density at radius 1 is 1.39 bits per heavy atom. The lowest BCUT2D eigenvalue weighted by molar-refractivity contribution is -0.139. The summed E-state index contributed by atoms with van der Waals surface area (Å²) in [6.45, 7) is 4.00. The Labute approximate surface area is 107 Å². The summed E-state index contributed by atoms with van der Waals surface area (Å²) >= 11 is 0. The fraction of sp³-hybridized carbons (Fsp3) is 0.357. The molecule has 1 heterocycles. The van der Waals surface area contributed by atoms with Crippen molar-refractivity contribution < 1.29 is 9.90 Å². The highest BCUT2D eigenvalue weighted by molar-refractivity contribution is 5.84. The van der Waals surface area contributed by atoms with E-state index in [1.54, 1.807) is 7.05 Å². The van der Waals surface area contributed by atoms with Crippen molar-refractivity contribution in [2.45, 2.75) is 26.3 Å². The van der Waals surface area contributed by atoms with Crippen molar-refractivity contribution >= 4 is 16.9 Å². The quantitative estimate of drug-likeness (QED) is 0.778. The Hall–Kier alpha value is -1.81. The van der Waals surface area contributed by atoms with Gasteiger partial charge in [0.2, 0.25) is 0 Å². The molecule has 0 bridgehead atoms. The van der Waals surface area contributed by atoms with Crippen LogP contribution in [-0.2, 0) is 11.2 Å². The molecule has 0 fully saturated rings. The van der Waals surface area contributed by atoms with Gasteiger partial charge in [-0.05, 0) is 18.7 Å². The first-order chi connectivity index (χ1) is 8.72. The zero-order chi connectivity index (χ0) is 13.5. The molecular formula is C14H20N2O2. The van der Waals surface area contributed by atoms with Crippen LogP contribution in [0.15, 0.2) is 30.5 Å². The van der Waals surface area contributed by atoms with Gasteiger partial charge in [0.15, 0.2) is 0 Å². The lowest BCUT2D eigenvalue weighted by Gasteiger charge is -2.09. The van der Waals surface area contributed by atoms with Crippen molar-refractivity contribution in [2.24, 2.45) is 0 Å². The van der Waals surface area contributed by atoms with Crippen LogP contribution in [0.1, 0.15) is 19.4 Å². The van der Waals surface area contributed by atoms with E-state index in [-0.39, 0.29) is 0 Å². The van der Waals surface area contributed by atoms with Crippen LogP contribution in [0.5, 0.6) is 0 Å². The van der Waals surface area contributed by atoms with E-state index in [1.807, 2.05) is 44.3 Å². The fourth-order valence-corrected chi connectivity index (χ4v) is 1.83. The van der Waals surface area contributed by atoms with Gasteiger partial charge in [0, 0.05) is 23.5 Å². The normalized spacial score (nSPS) is 11.7. The minimum Gasteiger partial charge on any atom is -0.480 e. The largest absolute Gasteiger partial charge is 0.480 e. The molecule has 98 valence electrons. The number of aromatic nitrogens is 1. The molecule has 1 aromatic carbocycles. The molecule has 0 aliphatic rings. The number of fused-ring (bicyclic) bond motifs is 1. The summed E-state index contributed by atoms with van der Waals surface area (Å²) in [5.41, 5.74) is 2.06. The number of carboxylic acids is 1. The van der Waals surface area contributed by atoms with E-state index in [9.17, 15) is 4.79 Å². The van der Waals surface area contributed by atoms with Crippen molar-refractivity contribution in [2.75, 3.05) is 7.05 Å². The van der Waals surface area contributed by atoms with E-state index >= 15 is 0 Å². The number of nitrogens with one attached hydrogen (secondary N) is 2. The van der Waals surface area contributed by atoms with E-state index < -0.39 is 12.0 Å². The Kier molecular flexibility index (Phi) is 5.39. The Morgan fingerprint density at radius 2 is 2.06 bits per heavy atom. The molecule has 0 aliphatic carbocycles. The first kappa shape index (κ1) is 14.3. The van der Waals surface area contributed by atoms with Crippen LogP contribution in [0, 0.1) is 0 Å². The minimum absolute atomic E-state index is 0.482. The Balaban J connectivity index is 0.000000771. The maximum Gasteiger partial charge on any atom is 0.321 e. The van der Waals surface area contributed by atoms with Crippen molar-refractivity contribution in [3.63, 3.8) is 0 Å². The molecule has 2 aromatic rings. The first-order valence-electron chi connectivity index (χ1n) is 6.17.